The lowest BCUT2D eigenvalue weighted by atomic mass is 9.92. The molecule has 2 fully saturated rings. The Kier molecular flexibility index (Phi) is 3.20. The Hall–Kier alpha value is -0.840. The Bertz CT molecular complexity index is 413. The van der Waals surface area contributed by atoms with E-state index in [0.29, 0.717) is 18.4 Å². The fourth-order valence-corrected chi connectivity index (χ4v) is 3.65. The van der Waals surface area contributed by atoms with Gasteiger partial charge in [-0.3, -0.25) is 4.58 Å². The van der Waals surface area contributed by atoms with Crippen molar-refractivity contribution < 1.29 is 13.4 Å². The molecular weight excluding hydrogens is 248 g/mol. The van der Waals surface area contributed by atoms with Crippen molar-refractivity contribution in [3.63, 3.8) is 0 Å². The maximum absolute atomic E-state index is 13.4. The van der Waals surface area contributed by atoms with Crippen LogP contribution in [0.25, 0.3) is 0 Å². The van der Waals surface area contributed by atoms with E-state index in [9.17, 15) is 8.78 Å². The second-order valence-electron chi connectivity index (χ2n) is 6.45. The fourth-order valence-electron chi connectivity index (χ4n) is 3.65. The van der Waals surface area contributed by atoms with Crippen LogP contribution >= 0.6 is 0 Å². The van der Waals surface area contributed by atoms with Gasteiger partial charge in [-0.2, -0.15) is 8.78 Å². The van der Waals surface area contributed by atoms with Crippen LogP contribution in [0.1, 0.15) is 32.6 Å². The third kappa shape index (κ3) is 2.57. The molecule has 5 heteroatoms. The minimum absolute atomic E-state index is 0.0368. The van der Waals surface area contributed by atoms with Crippen LogP contribution in [-0.4, -0.2) is 48.2 Å². The van der Waals surface area contributed by atoms with Crippen molar-refractivity contribution in [2.45, 2.75) is 50.6 Å². The lowest BCUT2D eigenvalue weighted by Crippen LogP contribution is -2.49. The summed E-state index contributed by atoms with van der Waals surface area (Å²) in [5.41, 5.74) is 0.0368. The molecule has 0 bridgehead atoms. The fraction of sp³-hybridized carbons (Fsp3) is 0.857. The molecule has 0 spiro atoms. The van der Waals surface area contributed by atoms with Gasteiger partial charge in [-0.05, 0) is 37.6 Å². The number of rotatable bonds is 3. The van der Waals surface area contributed by atoms with Crippen LogP contribution in [0.3, 0.4) is 0 Å². The second kappa shape index (κ2) is 4.62. The summed E-state index contributed by atoms with van der Waals surface area (Å²) in [5, 5.41) is 3.45. The molecule has 0 amide bonds. The monoisotopic (exact) mass is 270 g/mol. The molecule has 2 aliphatic heterocycles. The van der Waals surface area contributed by atoms with E-state index in [2.05, 4.69) is 10.3 Å². The Morgan fingerprint density at radius 3 is 2.79 bits per heavy atom. The summed E-state index contributed by atoms with van der Waals surface area (Å²) in [6, 6.07) is 0.879. The number of halogens is 2. The first-order valence-corrected chi connectivity index (χ1v) is 7.17. The van der Waals surface area contributed by atoms with Gasteiger partial charge in [0.1, 0.15) is 6.04 Å². The van der Waals surface area contributed by atoms with Crippen LogP contribution in [0.5, 0.6) is 0 Å². The summed E-state index contributed by atoms with van der Waals surface area (Å²) in [5.74, 6) is -1.27. The van der Waals surface area contributed by atoms with E-state index >= 15 is 0 Å². The molecule has 3 rings (SSSR count). The predicted molar refractivity (Wildman–Crippen MR) is 71.3 cm³/mol. The van der Waals surface area contributed by atoms with Crippen LogP contribution < -0.4 is 5.32 Å². The lowest BCUT2D eigenvalue weighted by Gasteiger charge is -2.31. The number of alkyl halides is 2. The average Bonchev–Trinajstić information content (AvgIpc) is 2.57. The predicted octanol–water partition coefficient (Wildman–Crippen LogP) is 1.91. The number of hydrogen-bond acceptors (Lipinski definition) is 2. The largest absolute Gasteiger partial charge is 0.313 e. The highest BCUT2D eigenvalue weighted by atomic mass is 19.3. The number of hydrogen-bond donors (Lipinski definition) is 1. The molecular formula is C14H22F2N3+. The molecule has 1 aliphatic carbocycles. The first-order valence-electron chi connectivity index (χ1n) is 7.17. The van der Waals surface area contributed by atoms with Gasteiger partial charge < -0.3 is 5.32 Å². The van der Waals surface area contributed by atoms with Gasteiger partial charge in [0.2, 0.25) is 5.71 Å². The van der Waals surface area contributed by atoms with Crippen molar-refractivity contribution in [3.05, 3.63) is 0 Å². The number of nitrogens with one attached hydrogen (secondary N) is 1. The second-order valence-corrected chi connectivity index (χ2v) is 6.45. The minimum Gasteiger partial charge on any atom is -0.313 e. The number of fused-ring (bicyclic) bond motifs is 1. The molecule has 0 radical (unpaired) electrons. The van der Waals surface area contributed by atoms with Gasteiger partial charge in [-0.1, -0.05) is 4.99 Å². The van der Waals surface area contributed by atoms with Crippen molar-refractivity contribution in [2.24, 2.45) is 16.8 Å². The van der Waals surface area contributed by atoms with E-state index in [1.54, 1.807) is 6.34 Å². The zero-order valence-corrected chi connectivity index (χ0v) is 11.6. The zero-order valence-electron chi connectivity index (χ0n) is 11.6. The number of aliphatic imine (C=N–C) groups is 1. The Morgan fingerprint density at radius 1 is 1.47 bits per heavy atom. The quantitative estimate of drug-likeness (QED) is 0.779. The van der Waals surface area contributed by atoms with Crippen molar-refractivity contribution in [1.29, 1.82) is 0 Å². The average molecular weight is 270 g/mol. The van der Waals surface area contributed by atoms with Crippen LogP contribution in [-0.2, 0) is 0 Å². The van der Waals surface area contributed by atoms with E-state index in [1.165, 1.54) is 12.8 Å². The van der Waals surface area contributed by atoms with Gasteiger partial charge >= 0.3 is 5.92 Å². The summed E-state index contributed by atoms with van der Waals surface area (Å²) in [6.45, 7) is 2.09. The molecule has 1 N–H and O–H groups in total. The molecule has 3 aliphatic rings. The van der Waals surface area contributed by atoms with Crippen molar-refractivity contribution in [3.8, 4) is 0 Å². The van der Waals surface area contributed by atoms with E-state index in [4.69, 9.17) is 0 Å². The van der Waals surface area contributed by atoms with Gasteiger partial charge in [0.25, 0.3) is 6.34 Å². The topological polar surface area (TPSA) is 27.4 Å². The zero-order chi connectivity index (χ0) is 13.6. The van der Waals surface area contributed by atoms with Crippen LogP contribution in [0.4, 0.5) is 8.78 Å². The van der Waals surface area contributed by atoms with Gasteiger partial charge in [-0.25, -0.2) is 0 Å². The van der Waals surface area contributed by atoms with E-state index in [1.807, 2.05) is 11.6 Å². The first-order chi connectivity index (χ1) is 8.93. The summed E-state index contributed by atoms with van der Waals surface area (Å²) in [7, 11) is 1.94. The Morgan fingerprint density at radius 2 is 2.26 bits per heavy atom. The molecule has 2 heterocycles. The Balaban J connectivity index is 1.62. The molecule has 3 nitrogen and oxygen atoms in total. The third-order valence-electron chi connectivity index (χ3n) is 4.95. The van der Waals surface area contributed by atoms with Gasteiger partial charge in [0.05, 0.1) is 13.5 Å². The maximum Gasteiger partial charge on any atom is 0.305 e. The van der Waals surface area contributed by atoms with Crippen molar-refractivity contribution >= 4 is 12.1 Å². The third-order valence-corrected chi connectivity index (χ3v) is 4.95. The standard InChI is InChI=1S/C14H22F2N3/c1-14(15,16)13-6-11(19(2)8-18-13)4-9-3-10-7-17-12(10)5-9/h8-12,17H,3-7H2,1-2H3/q+1. The highest BCUT2D eigenvalue weighted by Gasteiger charge is 2.43. The molecule has 0 aromatic heterocycles. The molecule has 1 saturated heterocycles. The molecule has 19 heavy (non-hydrogen) atoms. The van der Waals surface area contributed by atoms with Crippen LogP contribution in [0.15, 0.2) is 4.99 Å². The van der Waals surface area contributed by atoms with E-state index < -0.39 is 5.92 Å². The molecule has 0 aromatic rings. The molecule has 106 valence electrons. The minimum atomic E-state index is -2.79. The van der Waals surface area contributed by atoms with Gasteiger partial charge in [0, 0.05) is 13.0 Å². The molecule has 4 unspecified atom stereocenters. The highest BCUT2D eigenvalue weighted by molar-refractivity contribution is 5.96. The maximum atomic E-state index is 13.4. The van der Waals surface area contributed by atoms with E-state index in [0.717, 1.165) is 25.8 Å². The van der Waals surface area contributed by atoms with Gasteiger partial charge in [-0.15, -0.1) is 0 Å². The molecule has 0 aromatic carbocycles. The van der Waals surface area contributed by atoms with Crippen LogP contribution in [0.2, 0.25) is 0 Å². The number of nitrogens with zero attached hydrogens (tertiary/aromatic N) is 2. The van der Waals surface area contributed by atoms with E-state index in [-0.39, 0.29) is 11.8 Å². The Labute approximate surface area is 112 Å². The summed E-state index contributed by atoms with van der Waals surface area (Å²) in [4.78, 5) is 3.90. The first kappa shape index (κ1) is 13.2. The molecule has 4 atom stereocenters. The normalized spacial score (nSPS) is 38.3. The lowest BCUT2D eigenvalue weighted by molar-refractivity contribution is -0.536. The van der Waals surface area contributed by atoms with Crippen molar-refractivity contribution in [2.75, 3.05) is 13.6 Å². The van der Waals surface area contributed by atoms with Crippen LogP contribution in [0, 0.1) is 11.8 Å². The molecule has 1 saturated carbocycles. The summed E-state index contributed by atoms with van der Waals surface area (Å²) in [6.07, 6.45) is 5.45. The SMILES string of the molecule is C[N+]1=CN=C(C(C)(F)F)CC1CC1CC2CNC2C1. The van der Waals surface area contributed by atoms with Crippen molar-refractivity contribution in [1.82, 2.24) is 5.32 Å². The smallest absolute Gasteiger partial charge is 0.305 e. The highest BCUT2D eigenvalue weighted by Crippen LogP contribution is 2.39. The summed E-state index contributed by atoms with van der Waals surface area (Å²) < 4.78 is 28.8. The van der Waals surface area contributed by atoms with Gasteiger partial charge in [0.15, 0.2) is 0 Å². The summed E-state index contributed by atoms with van der Waals surface area (Å²) >= 11 is 0.